The summed E-state index contributed by atoms with van der Waals surface area (Å²) in [5.41, 5.74) is 2.93. The third-order valence-corrected chi connectivity index (χ3v) is 7.90. The van der Waals surface area contributed by atoms with Crippen LogP contribution in [0, 0.1) is 0 Å². The first-order valence-electron chi connectivity index (χ1n) is 12.4. The summed E-state index contributed by atoms with van der Waals surface area (Å²) in [6.07, 6.45) is 0. The van der Waals surface area contributed by atoms with Crippen LogP contribution < -0.4 is 5.46 Å². The van der Waals surface area contributed by atoms with Gasteiger partial charge in [0.05, 0.1) is 11.2 Å². The summed E-state index contributed by atoms with van der Waals surface area (Å²) in [6.45, 7) is 8.33. The lowest BCUT2D eigenvalue weighted by Gasteiger charge is -2.32. The normalized spacial score (nSPS) is 17.1. The molecule has 0 amide bonds. The Hall–Kier alpha value is -3.67. The van der Waals surface area contributed by atoms with Crippen LogP contribution in [0.3, 0.4) is 0 Å². The predicted octanol–water partition coefficient (Wildman–Crippen LogP) is 7.25. The Morgan fingerprint density at radius 1 is 0.667 bits per heavy atom. The molecule has 5 aromatic carbocycles. The lowest BCUT2D eigenvalue weighted by molar-refractivity contribution is 0.00578. The summed E-state index contributed by atoms with van der Waals surface area (Å²) in [5.74, 6) is 0.637. The molecule has 2 heterocycles. The molecule has 0 N–H and O–H groups in total. The second-order valence-corrected chi connectivity index (χ2v) is 10.7. The molecule has 1 fully saturated rings. The molecule has 176 valence electrons. The minimum absolute atomic E-state index is 0.374. The molecule has 1 saturated heterocycles. The van der Waals surface area contributed by atoms with Gasteiger partial charge in [-0.1, -0.05) is 66.7 Å². The van der Waals surface area contributed by atoms with Crippen LogP contribution in [0.25, 0.3) is 54.9 Å². The Morgan fingerprint density at radius 2 is 1.31 bits per heavy atom. The maximum absolute atomic E-state index is 6.42. The SMILES string of the molecule is CC1(C)OB(c2ccc3c(ccc4ccc5ccc6nc(-c7ccccc7)oc6c5c43)c2)OC1(C)C. The number of nitrogens with zero attached hydrogens (tertiary/aromatic N) is 1. The Kier molecular flexibility index (Phi) is 4.45. The number of rotatable bonds is 2. The Morgan fingerprint density at radius 3 is 2.03 bits per heavy atom. The van der Waals surface area contributed by atoms with Gasteiger partial charge in [0, 0.05) is 16.3 Å². The first kappa shape index (κ1) is 21.6. The summed E-state index contributed by atoms with van der Waals surface area (Å²) in [7, 11) is -0.392. The zero-order valence-electron chi connectivity index (χ0n) is 20.8. The highest BCUT2D eigenvalue weighted by Crippen LogP contribution is 2.39. The van der Waals surface area contributed by atoms with E-state index in [1.807, 2.05) is 36.4 Å². The topological polar surface area (TPSA) is 44.5 Å². The van der Waals surface area contributed by atoms with Gasteiger partial charge in [-0.2, -0.15) is 0 Å². The van der Waals surface area contributed by atoms with E-state index < -0.39 is 7.12 Å². The molecule has 0 aliphatic carbocycles. The fraction of sp³-hybridized carbons (Fsp3) is 0.194. The third kappa shape index (κ3) is 3.13. The fourth-order valence-corrected chi connectivity index (χ4v) is 5.20. The van der Waals surface area contributed by atoms with Gasteiger partial charge in [-0.15, -0.1) is 0 Å². The van der Waals surface area contributed by atoms with Crippen LogP contribution in [0.15, 0.2) is 89.3 Å². The quantitative estimate of drug-likeness (QED) is 0.197. The maximum atomic E-state index is 6.42. The monoisotopic (exact) mass is 471 g/mol. The molecule has 4 nitrogen and oxygen atoms in total. The van der Waals surface area contributed by atoms with Gasteiger partial charge >= 0.3 is 7.12 Å². The van der Waals surface area contributed by atoms with E-state index in [9.17, 15) is 0 Å². The number of hydrogen-bond donors (Lipinski definition) is 0. The first-order valence-corrected chi connectivity index (χ1v) is 12.4. The standard InChI is InChI=1S/C31H26BNO3/c1-30(2)31(3,4)36-32(35-30)23-15-16-24-22(18-23)13-12-19-10-11-20-14-17-25-28(27(20)26(19)24)34-29(33-25)21-8-6-5-7-9-21/h5-18H,1-4H3. The molecule has 1 aliphatic heterocycles. The van der Waals surface area contributed by atoms with E-state index in [1.54, 1.807) is 0 Å². The first-order chi connectivity index (χ1) is 17.3. The third-order valence-electron chi connectivity index (χ3n) is 7.90. The van der Waals surface area contributed by atoms with Gasteiger partial charge in [0.1, 0.15) is 5.52 Å². The summed E-state index contributed by atoms with van der Waals surface area (Å²) in [6, 6.07) is 29.4. The summed E-state index contributed by atoms with van der Waals surface area (Å²) >= 11 is 0. The van der Waals surface area contributed by atoms with Crippen LogP contribution in [0.5, 0.6) is 0 Å². The summed E-state index contributed by atoms with van der Waals surface area (Å²) in [5, 5.41) is 6.88. The van der Waals surface area contributed by atoms with Gasteiger partial charge in [-0.3, -0.25) is 0 Å². The van der Waals surface area contributed by atoms with Crippen molar-refractivity contribution in [2.24, 2.45) is 0 Å². The molecule has 1 aromatic heterocycles. The summed E-state index contributed by atoms with van der Waals surface area (Å²) < 4.78 is 19.1. The lowest BCUT2D eigenvalue weighted by atomic mass is 9.78. The Labute approximate surface area is 210 Å². The van der Waals surface area contributed by atoms with Crippen LogP contribution in [0.2, 0.25) is 0 Å². The molecule has 36 heavy (non-hydrogen) atoms. The second kappa shape index (κ2) is 7.42. The molecular weight excluding hydrogens is 445 g/mol. The number of benzene rings is 5. The molecule has 0 bridgehead atoms. The molecule has 0 saturated carbocycles. The Bertz CT molecular complexity index is 1790. The maximum Gasteiger partial charge on any atom is 0.494 e. The van der Waals surface area contributed by atoms with Crippen LogP contribution in [-0.2, 0) is 9.31 Å². The minimum atomic E-state index is -0.392. The molecule has 6 aromatic rings. The van der Waals surface area contributed by atoms with Crippen molar-refractivity contribution in [3.8, 4) is 11.5 Å². The van der Waals surface area contributed by atoms with E-state index >= 15 is 0 Å². The zero-order chi connectivity index (χ0) is 24.7. The van der Waals surface area contributed by atoms with E-state index in [0.717, 1.165) is 38.3 Å². The lowest BCUT2D eigenvalue weighted by Crippen LogP contribution is -2.41. The fourth-order valence-electron chi connectivity index (χ4n) is 5.20. The van der Waals surface area contributed by atoms with Crippen LogP contribution in [0.1, 0.15) is 27.7 Å². The van der Waals surface area contributed by atoms with E-state index in [4.69, 9.17) is 18.7 Å². The van der Waals surface area contributed by atoms with E-state index in [-0.39, 0.29) is 11.2 Å². The van der Waals surface area contributed by atoms with Gasteiger partial charge < -0.3 is 13.7 Å². The van der Waals surface area contributed by atoms with Crippen molar-refractivity contribution in [3.63, 3.8) is 0 Å². The predicted molar refractivity (Wildman–Crippen MR) is 148 cm³/mol. The molecular formula is C31H26BNO3. The average Bonchev–Trinajstić information content (AvgIpc) is 3.41. The highest BCUT2D eigenvalue weighted by molar-refractivity contribution is 6.62. The highest BCUT2D eigenvalue weighted by atomic mass is 16.7. The van der Waals surface area contributed by atoms with Gasteiger partial charge in [0.2, 0.25) is 5.89 Å². The number of fused-ring (bicyclic) bond motifs is 7. The van der Waals surface area contributed by atoms with Crippen molar-refractivity contribution >= 4 is 56.0 Å². The molecule has 1 aliphatic rings. The van der Waals surface area contributed by atoms with Crippen molar-refractivity contribution in [2.45, 2.75) is 38.9 Å². The molecule has 0 atom stereocenters. The molecule has 0 unspecified atom stereocenters. The van der Waals surface area contributed by atoms with E-state index in [2.05, 4.69) is 76.2 Å². The molecule has 0 spiro atoms. The highest BCUT2D eigenvalue weighted by Gasteiger charge is 2.51. The minimum Gasteiger partial charge on any atom is -0.435 e. The molecule has 0 radical (unpaired) electrons. The summed E-state index contributed by atoms with van der Waals surface area (Å²) in [4.78, 5) is 4.81. The van der Waals surface area contributed by atoms with Gasteiger partial charge in [-0.05, 0) is 72.9 Å². The van der Waals surface area contributed by atoms with Crippen molar-refractivity contribution in [3.05, 3.63) is 84.9 Å². The average molecular weight is 471 g/mol. The number of hydrogen-bond acceptors (Lipinski definition) is 4. The van der Waals surface area contributed by atoms with Gasteiger partial charge in [0.15, 0.2) is 5.58 Å². The van der Waals surface area contributed by atoms with E-state index in [1.165, 1.54) is 16.2 Å². The van der Waals surface area contributed by atoms with Crippen molar-refractivity contribution in [2.75, 3.05) is 0 Å². The van der Waals surface area contributed by atoms with Crippen LogP contribution in [0.4, 0.5) is 0 Å². The Balaban J connectivity index is 1.46. The molecule has 7 rings (SSSR count). The van der Waals surface area contributed by atoms with Crippen molar-refractivity contribution in [1.82, 2.24) is 4.98 Å². The van der Waals surface area contributed by atoms with Crippen LogP contribution in [-0.4, -0.2) is 23.3 Å². The molecule has 5 heteroatoms. The smallest absolute Gasteiger partial charge is 0.435 e. The largest absolute Gasteiger partial charge is 0.494 e. The van der Waals surface area contributed by atoms with Crippen molar-refractivity contribution in [1.29, 1.82) is 0 Å². The van der Waals surface area contributed by atoms with Crippen LogP contribution >= 0.6 is 0 Å². The number of oxazole rings is 1. The van der Waals surface area contributed by atoms with Crippen molar-refractivity contribution < 1.29 is 13.7 Å². The van der Waals surface area contributed by atoms with Gasteiger partial charge in [-0.25, -0.2) is 4.98 Å². The second-order valence-electron chi connectivity index (χ2n) is 10.7. The zero-order valence-corrected chi connectivity index (χ0v) is 20.8. The van der Waals surface area contributed by atoms with E-state index in [0.29, 0.717) is 5.89 Å². The van der Waals surface area contributed by atoms with Gasteiger partial charge in [0.25, 0.3) is 0 Å². The number of aromatic nitrogens is 1.